The highest BCUT2D eigenvalue weighted by molar-refractivity contribution is 5.99. The van der Waals surface area contributed by atoms with Crippen LogP contribution in [0.2, 0.25) is 0 Å². The van der Waals surface area contributed by atoms with E-state index >= 15 is 0 Å². The Balaban J connectivity index is 2.04. The fourth-order valence-electron chi connectivity index (χ4n) is 1.58. The Bertz CT molecular complexity index is 607. The predicted molar refractivity (Wildman–Crippen MR) is 76.9 cm³/mol. The number of pyridine rings is 1. The molecule has 1 N–H and O–H groups in total. The number of carbonyl (C=O) groups excluding carboxylic acids is 1. The highest BCUT2D eigenvalue weighted by Gasteiger charge is 2.05. The molecule has 0 aliphatic carbocycles. The van der Waals surface area contributed by atoms with Gasteiger partial charge in [-0.15, -0.1) is 0 Å². The molecule has 0 radical (unpaired) electrons. The summed E-state index contributed by atoms with van der Waals surface area (Å²) >= 11 is 0. The fourth-order valence-corrected chi connectivity index (χ4v) is 1.58. The summed E-state index contributed by atoms with van der Waals surface area (Å²) in [6, 6.07) is 12.3. The van der Waals surface area contributed by atoms with Crippen LogP contribution >= 0.6 is 0 Å². The van der Waals surface area contributed by atoms with E-state index in [9.17, 15) is 4.79 Å². The molecule has 1 aromatic carbocycles. The van der Waals surface area contributed by atoms with E-state index in [1.54, 1.807) is 44.5 Å². The lowest BCUT2D eigenvalue weighted by atomic mass is 10.2. The van der Waals surface area contributed by atoms with Gasteiger partial charge in [0.25, 0.3) is 5.91 Å². The summed E-state index contributed by atoms with van der Waals surface area (Å²) < 4.78 is 5.04. The molecule has 102 valence electrons. The van der Waals surface area contributed by atoms with Crippen LogP contribution in [0.4, 0.5) is 0 Å². The maximum absolute atomic E-state index is 11.9. The average Bonchev–Trinajstić information content (AvgIpc) is 2.53. The number of hydrogen-bond donors (Lipinski definition) is 1. The van der Waals surface area contributed by atoms with Crippen LogP contribution in [-0.2, 0) is 0 Å². The normalized spacial score (nSPS) is 11.0. The number of ether oxygens (including phenoxy) is 1. The van der Waals surface area contributed by atoms with Crippen molar-refractivity contribution in [3.63, 3.8) is 0 Å². The van der Waals surface area contributed by atoms with E-state index in [2.05, 4.69) is 15.5 Å². The lowest BCUT2D eigenvalue weighted by molar-refractivity contribution is 0.0955. The number of aromatic nitrogens is 1. The minimum atomic E-state index is -0.275. The lowest BCUT2D eigenvalue weighted by Gasteiger charge is -2.03. The van der Waals surface area contributed by atoms with Crippen molar-refractivity contribution in [2.24, 2.45) is 5.10 Å². The predicted octanol–water partition coefficient (Wildman–Crippen LogP) is 2.24. The standard InChI is InChI=1S/C15H15N3O2/c1-11(14-5-3-4-10-16-14)17-18-15(19)12-6-8-13(20-2)9-7-12/h3-10H,1-2H3,(H,18,19)/b17-11+. The van der Waals surface area contributed by atoms with Gasteiger partial charge in [-0.3, -0.25) is 9.78 Å². The number of rotatable bonds is 4. The van der Waals surface area contributed by atoms with Crippen molar-refractivity contribution >= 4 is 11.6 Å². The van der Waals surface area contributed by atoms with Crippen molar-refractivity contribution in [2.45, 2.75) is 6.92 Å². The molecule has 0 atom stereocenters. The first-order chi connectivity index (χ1) is 9.70. The molecule has 1 heterocycles. The van der Waals surface area contributed by atoms with Crippen LogP contribution in [-0.4, -0.2) is 23.7 Å². The van der Waals surface area contributed by atoms with E-state index in [0.717, 1.165) is 5.69 Å². The molecule has 0 saturated heterocycles. The van der Waals surface area contributed by atoms with Gasteiger partial charge in [0.1, 0.15) is 5.75 Å². The topological polar surface area (TPSA) is 63.6 Å². The second-order valence-electron chi connectivity index (χ2n) is 4.08. The van der Waals surface area contributed by atoms with Gasteiger partial charge in [-0.1, -0.05) is 6.07 Å². The van der Waals surface area contributed by atoms with Gasteiger partial charge >= 0.3 is 0 Å². The van der Waals surface area contributed by atoms with Crippen LogP contribution < -0.4 is 10.2 Å². The number of benzene rings is 1. The molecule has 20 heavy (non-hydrogen) atoms. The molecular weight excluding hydrogens is 254 g/mol. The lowest BCUT2D eigenvalue weighted by Crippen LogP contribution is -2.19. The van der Waals surface area contributed by atoms with Crippen LogP contribution in [0.3, 0.4) is 0 Å². The highest BCUT2D eigenvalue weighted by atomic mass is 16.5. The first-order valence-electron chi connectivity index (χ1n) is 6.11. The molecule has 2 rings (SSSR count). The molecule has 1 amide bonds. The van der Waals surface area contributed by atoms with E-state index in [1.807, 2.05) is 18.2 Å². The smallest absolute Gasteiger partial charge is 0.271 e. The van der Waals surface area contributed by atoms with Crippen LogP contribution in [0, 0.1) is 0 Å². The molecule has 0 aliphatic heterocycles. The first kappa shape index (κ1) is 13.7. The monoisotopic (exact) mass is 269 g/mol. The minimum absolute atomic E-state index is 0.275. The minimum Gasteiger partial charge on any atom is -0.497 e. The van der Waals surface area contributed by atoms with E-state index < -0.39 is 0 Å². The highest BCUT2D eigenvalue weighted by Crippen LogP contribution is 2.11. The number of carbonyl (C=O) groups is 1. The van der Waals surface area contributed by atoms with Gasteiger partial charge in [-0.05, 0) is 43.3 Å². The van der Waals surface area contributed by atoms with Gasteiger partial charge in [0.05, 0.1) is 18.5 Å². The molecule has 2 aromatic rings. The molecule has 5 heteroatoms. The Hall–Kier alpha value is -2.69. The Kier molecular flexibility index (Phi) is 4.44. The maximum Gasteiger partial charge on any atom is 0.271 e. The zero-order valence-electron chi connectivity index (χ0n) is 11.3. The summed E-state index contributed by atoms with van der Waals surface area (Å²) in [7, 11) is 1.58. The van der Waals surface area contributed by atoms with Gasteiger partial charge in [0.2, 0.25) is 0 Å². The van der Waals surface area contributed by atoms with Gasteiger partial charge in [-0.2, -0.15) is 5.10 Å². The van der Waals surface area contributed by atoms with E-state index in [0.29, 0.717) is 17.0 Å². The molecule has 0 fully saturated rings. The third-order valence-corrected chi connectivity index (χ3v) is 2.71. The Morgan fingerprint density at radius 2 is 1.95 bits per heavy atom. The number of methoxy groups -OCH3 is 1. The van der Waals surface area contributed by atoms with Crippen molar-refractivity contribution in [1.82, 2.24) is 10.4 Å². The maximum atomic E-state index is 11.9. The second-order valence-corrected chi connectivity index (χ2v) is 4.08. The molecule has 0 bridgehead atoms. The van der Waals surface area contributed by atoms with Gasteiger partial charge < -0.3 is 4.74 Å². The first-order valence-corrected chi connectivity index (χ1v) is 6.11. The van der Waals surface area contributed by atoms with Crippen LogP contribution in [0.5, 0.6) is 5.75 Å². The van der Waals surface area contributed by atoms with Crippen molar-refractivity contribution in [3.8, 4) is 5.75 Å². The van der Waals surface area contributed by atoms with Crippen LogP contribution in [0.25, 0.3) is 0 Å². The summed E-state index contributed by atoms with van der Waals surface area (Å²) in [6.07, 6.45) is 1.68. The molecule has 0 unspecified atom stereocenters. The quantitative estimate of drug-likeness (QED) is 0.684. The summed E-state index contributed by atoms with van der Waals surface area (Å²) in [4.78, 5) is 16.1. The summed E-state index contributed by atoms with van der Waals surface area (Å²) in [5.41, 5.74) is 4.39. The largest absolute Gasteiger partial charge is 0.497 e. The number of hydrazone groups is 1. The average molecular weight is 269 g/mol. The van der Waals surface area contributed by atoms with Gasteiger partial charge in [-0.25, -0.2) is 5.43 Å². The molecule has 0 saturated carbocycles. The second kappa shape index (κ2) is 6.47. The number of hydrogen-bond acceptors (Lipinski definition) is 4. The third kappa shape index (κ3) is 3.41. The Labute approximate surface area is 117 Å². The molecule has 0 aliphatic rings. The zero-order valence-corrected chi connectivity index (χ0v) is 11.3. The molecule has 0 spiro atoms. The summed E-state index contributed by atoms with van der Waals surface area (Å²) in [5.74, 6) is 0.428. The van der Waals surface area contributed by atoms with Gasteiger partial charge in [0.15, 0.2) is 0 Å². The van der Waals surface area contributed by atoms with Crippen molar-refractivity contribution in [3.05, 3.63) is 59.9 Å². The zero-order chi connectivity index (χ0) is 14.4. The Morgan fingerprint density at radius 3 is 2.55 bits per heavy atom. The van der Waals surface area contributed by atoms with E-state index in [4.69, 9.17) is 4.74 Å². The number of nitrogens with zero attached hydrogens (tertiary/aromatic N) is 2. The molecular formula is C15H15N3O2. The third-order valence-electron chi connectivity index (χ3n) is 2.71. The molecule has 1 aromatic heterocycles. The summed E-state index contributed by atoms with van der Waals surface area (Å²) in [6.45, 7) is 1.79. The number of amides is 1. The van der Waals surface area contributed by atoms with Crippen molar-refractivity contribution in [1.29, 1.82) is 0 Å². The van der Waals surface area contributed by atoms with Crippen LogP contribution in [0.15, 0.2) is 53.8 Å². The molecule has 5 nitrogen and oxygen atoms in total. The summed E-state index contributed by atoms with van der Waals surface area (Å²) in [5, 5.41) is 4.04. The van der Waals surface area contributed by atoms with Crippen molar-refractivity contribution in [2.75, 3.05) is 7.11 Å². The van der Waals surface area contributed by atoms with E-state index in [1.165, 1.54) is 0 Å². The van der Waals surface area contributed by atoms with Crippen molar-refractivity contribution < 1.29 is 9.53 Å². The van der Waals surface area contributed by atoms with E-state index in [-0.39, 0.29) is 5.91 Å². The van der Waals surface area contributed by atoms with Gasteiger partial charge in [0, 0.05) is 11.8 Å². The Morgan fingerprint density at radius 1 is 1.20 bits per heavy atom. The SMILES string of the molecule is COc1ccc(C(=O)N/N=C(\C)c2ccccn2)cc1. The number of nitrogens with one attached hydrogen (secondary N) is 1. The fraction of sp³-hybridized carbons (Fsp3) is 0.133. The van der Waals surface area contributed by atoms with Crippen LogP contribution in [0.1, 0.15) is 23.0 Å².